The van der Waals surface area contributed by atoms with Gasteiger partial charge in [-0.1, -0.05) is 13.8 Å². The number of amides is 1. The molecule has 0 aromatic heterocycles. The van der Waals surface area contributed by atoms with Gasteiger partial charge in [-0.05, 0) is 44.6 Å². The predicted molar refractivity (Wildman–Crippen MR) is 62.4 cm³/mol. The van der Waals surface area contributed by atoms with E-state index in [1.165, 1.54) is 6.42 Å². The molecule has 0 heterocycles. The van der Waals surface area contributed by atoms with Crippen LogP contribution in [-0.2, 0) is 4.79 Å². The van der Waals surface area contributed by atoms with Crippen molar-refractivity contribution in [3.63, 3.8) is 0 Å². The van der Waals surface area contributed by atoms with Crippen molar-refractivity contribution in [2.75, 3.05) is 6.54 Å². The molecule has 1 aliphatic carbocycles. The summed E-state index contributed by atoms with van der Waals surface area (Å²) >= 11 is 0. The molecule has 0 aromatic carbocycles. The number of rotatable bonds is 5. The molecule has 3 N–H and O–H groups in total. The van der Waals surface area contributed by atoms with E-state index in [1.807, 2.05) is 0 Å². The largest absolute Gasteiger partial charge is 0.369 e. The molecule has 1 aliphatic rings. The van der Waals surface area contributed by atoms with Gasteiger partial charge in [0.05, 0.1) is 0 Å². The Morgan fingerprint density at radius 2 is 1.93 bits per heavy atom. The van der Waals surface area contributed by atoms with Crippen LogP contribution in [0.25, 0.3) is 0 Å². The van der Waals surface area contributed by atoms with E-state index in [4.69, 9.17) is 5.73 Å². The van der Waals surface area contributed by atoms with Crippen LogP contribution in [-0.4, -0.2) is 18.5 Å². The highest BCUT2D eigenvalue weighted by molar-refractivity contribution is 5.76. The standard InChI is InChI=1S/C12H24N2O/c1-9(2)7-8-14-11-5-3-10(4-6-11)12(13)15/h9-11,14H,3-8H2,1-2H3,(H2,13,15). The average Bonchev–Trinajstić information content (AvgIpc) is 2.18. The van der Waals surface area contributed by atoms with Crippen molar-refractivity contribution in [2.45, 2.75) is 52.0 Å². The number of carbonyl (C=O) groups excluding carboxylic acids is 1. The molecular formula is C12H24N2O. The summed E-state index contributed by atoms with van der Waals surface area (Å²) in [5.41, 5.74) is 5.29. The van der Waals surface area contributed by atoms with Gasteiger partial charge in [0, 0.05) is 12.0 Å². The Kier molecular flexibility index (Phi) is 5.09. The van der Waals surface area contributed by atoms with Crippen LogP contribution in [0.2, 0.25) is 0 Å². The molecule has 1 amide bonds. The van der Waals surface area contributed by atoms with Gasteiger partial charge >= 0.3 is 0 Å². The number of carbonyl (C=O) groups is 1. The second-order valence-electron chi connectivity index (χ2n) is 5.09. The van der Waals surface area contributed by atoms with Gasteiger partial charge in [-0.3, -0.25) is 4.79 Å². The lowest BCUT2D eigenvalue weighted by Crippen LogP contribution is -2.37. The molecule has 0 saturated heterocycles. The first-order chi connectivity index (χ1) is 7.09. The molecule has 0 aromatic rings. The van der Waals surface area contributed by atoms with Gasteiger partial charge in [0.25, 0.3) is 0 Å². The lowest BCUT2D eigenvalue weighted by molar-refractivity contribution is -0.122. The third-order valence-corrected chi connectivity index (χ3v) is 3.28. The smallest absolute Gasteiger partial charge is 0.220 e. The molecule has 88 valence electrons. The Labute approximate surface area is 92.8 Å². The van der Waals surface area contributed by atoms with E-state index in [0.717, 1.165) is 38.1 Å². The minimum Gasteiger partial charge on any atom is -0.369 e. The van der Waals surface area contributed by atoms with E-state index >= 15 is 0 Å². The van der Waals surface area contributed by atoms with Crippen molar-refractivity contribution >= 4 is 5.91 Å². The fourth-order valence-electron chi connectivity index (χ4n) is 2.16. The Morgan fingerprint density at radius 3 is 2.40 bits per heavy atom. The molecule has 0 atom stereocenters. The van der Waals surface area contributed by atoms with Crippen molar-refractivity contribution in [3.05, 3.63) is 0 Å². The van der Waals surface area contributed by atoms with E-state index in [-0.39, 0.29) is 11.8 Å². The summed E-state index contributed by atoms with van der Waals surface area (Å²) in [6.45, 7) is 5.58. The van der Waals surface area contributed by atoms with Crippen molar-refractivity contribution < 1.29 is 4.79 Å². The first kappa shape index (κ1) is 12.5. The molecule has 1 saturated carbocycles. The zero-order chi connectivity index (χ0) is 11.3. The highest BCUT2D eigenvalue weighted by Crippen LogP contribution is 2.23. The average molecular weight is 212 g/mol. The van der Waals surface area contributed by atoms with E-state index in [2.05, 4.69) is 19.2 Å². The fraction of sp³-hybridized carbons (Fsp3) is 0.917. The Balaban J connectivity index is 2.12. The molecular weight excluding hydrogens is 188 g/mol. The van der Waals surface area contributed by atoms with Crippen LogP contribution in [0.15, 0.2) is 0 Å². The zero-order valence-electron chi connectivity index (χ0n) is 9.96. The van der Waals surface area contributed by atoms with Crippen LogP contribution in [0.5, 0.6) is 0 Å². The lowest BCUT2D eigenvalue weighted by atomic mass is 9.85. The maximum atomic E-state index is 11.0. The topological polar surface area (TPSA) is 55.1 Å². The summed E-state index contributed by atoms with van der Waals surface area (Å²) in [4.78, 5) is 11.0. The fourth-order valence-corrected chi connectivity index (χ4v) is 2.16. The minimum atomic E-state index is -0.115. The first-order valence-electron chi connectivity index (χ1n) is 6.12. The molecule has 3 nitrogen and oxygen atoms in total. The highest BCUT2D eigenvalue weighted by Gasteiger charge is 2.23. The number of nitrogens with two attached hydrogens (primary N) is 1. The maximum absolute atomic E-state index is 11.0. The van der Waals surface area contributed by atoms with Crippen molar-refractivity contribution in [1.29, 1.82) is 0 Å². The summed E-state index contributed by atoms with van der Waals surface area (Å²) in [5, 5.41) is 3.56. The summed E-state index contributed by atoms with van der Waals surface area (Å²) in [7, 11) is 0. The van der Waals surface area contributed by atoms with Gasteiger partial charge < -0.3 is 11.1 Å². The third-order valence-electron chi connectivity index (χ3n) is 3.28. The SMILES string of the molecule is CC(C)CCNC1CCC(C(N)=O)CC1. The van der Waals surface area contributed by atoms with E-state index in [0.29, 0.717) is 6.04 Å². The molecule has 0 unspecified atom stereocenters. The van der Waals surface area contributed by atoms with E-state index < -0.39 is 0 Å². The molecule has 0 radical (unpaired) electrons. The van der Waals surface area contributed by atoms with Gasteiger partial charge in [-0.25, -0.2) is 0 Å². The minimum absolute atomic E-state index is 0.115. The van der Waals surface area contributed by atoms with Gasteiger partial charge in [0.15, 0.2) is 0 Å². The first-order valence-corrected chi connectivity index (χ1v) is 6.12. The monoisotopic (exact) mass is 212 g/mol. The molecule has 15 heavy (non-hydrogen) atoms. The van der Waals surface area contributed by atoms with Gasteiger partial charge in [-0.2, -0.15) is 0 Å². The van der Waals surface area contributed by atoms with E-state index in [1.54, 1.807) is 0 Å². The molecule has 3 heteroatoms. The molecule has 0 aliphatic heterocycles. The van der Waals surface area contributed by atoms with Crippen LogP contribution in [0, 0.1) is 11.8 Å². The molecule has 0 spiro atoms. The number of hydrogen-bond donors (Lipinski definition) is 2. The van der Waals surface area contributed by atoms with E-state index in [9.17, 15) is 4.79 Å². The van der Waals surface area contributed by atoms with Crippen molar-refractivity contribution in [1.82, 2.24) is 5.32 Å². The zero-order valence-corrected chi connectivity index (χ0v) is 9.96. The molecule has 1 fully saturated rings. The number of nitrogens with one attached hydrogen (secondary N) is 1. The Morgan fingerprint density at radius 1 is 1.33 bits per heavy atom. The quantitative estimate of drug-likeness (QED) is 0.728. The van der Waals surface area contributed by atoms with Gasteiger partial charge in [0.2, 0.25) is 5.91 Å². The highest BCUT2D eigenvalue weighted by atomic mass is 16.1. The predicted octanol–water partition coefficient (Wildman–Crippen LogP) is 1.67. The lowest BCUT2D eigenvalue weighted by Gasteiger charge is -2.27. The second kappa shape index (κ2) is 6.11. The third kappa shape index (κ3) is 4.65. The van der Waals surface area contributed by atoms with Crippen molar-refractivity contribution in [2.24, 2.45) is 17.6 Å². The summed E-state index contributed by atoms with van der Waals surface area (Å²) in [5.74, 6) is 0.781. The van der Waals surface area contributed by atoms with Gasteiger partial charge in [-0.15, -0.1) is 0 Å². The normalized spacial score (nSPS) is 26.9. The summed E-state index contributed by atoms with van der Waals surface area (Å²) in [6, 6.07) is 0.611. The number of hydrogen-bond acceptors (Lipinski definition) is 2. The van der Waals surface area contributed by atoms with Crippen molar-refractivity contribution in [3.8, 4) is 0 Å². The Hall–Kier alpha value is -0.570. The van der Waals surface area contributed by atoms with Crippen LogP contribution < -0.4 is 11.1 Å². The van der Waals surface area contributed by atoms with Crippen LogP contribution in [0.4, 0.5) is 0 Å². The Bertz CT molecular complexity index is 196. The summed E-state index contributed by atoms with van der Waals surface area (Å²) < 4.78 is 0. The molecule has 1 rings (SSSR count). The van der Waals surface area contributed by atoms with Crippen LogP contribution in [0.1, 0.15) is 46.0 Å². The summed E-state index contributed by atoms with van der Waals surface area (Å²) in [6.07, 6.45) is 5.37. The maximum Gasteiger partial charge on any atom is 0.220 e. The van der Waals surface area contributed by atoms with Gasteiger partial charge in [0.1, 0.15) is 0 Å². The second-order valence-corrected chi connectivity index (χ2v) is 5.09. The van der Waals surface area contributed by atoms with Crippen LogP contribution >= 0.6 is 0 Å². The number of primary amides is 1. The van der Waals surface area contributed by atoms with Crippen LogP contribution in [0.3, 0.4) is 0 Å². The molecule has 0 bridgehead atoms.